The highest BCUT2D eigenvalue weighted by Crippen LogP contribution is 2.20. The fourth-order valence-electron chi connectivity index (χ4n) is 2.56. The number of likely N-dealkylation sites (N-methyl/N-ethyl adjacent to an activating group) is 1. The largest absolute Gasteiger partial charge is 0.444 e. The van der Waals surface area contributed by atoms with E-state index in [0.29, 0.717) is 19.6 Å². The highest BCUT2D eigenvalue weighted by Gasteiger charge is 2.35. The average Bonchev–Trinajstić information content (AvgIpc) is 2.86. The van der Waals surface area contributed by atoms with Gasteiger partial charge in [0.05, 0.1) is 12.1 Å². The quantitative estimate of drug-likeness (QED) is 0.859. The van der Waals surface area contributed by atoms with Crippen LogP contribution in [-0.4, -0.2) is 59.1 Å². The van der Waals surface area contributed by atoms with Crippen LogP contribution >= 0.6 is 0 Å². The smallest absolute Gasteiger partial charge is 0.410 e. The van der Waals surface area contributed by atoms with Crippen LogP contribution in [-0.2, 0) is 9.53 Å². The second kappa shape index (κ2) is 7.31. The fourth-order valence-corrected chi connectivity index (χ4v) is 2.56. The first-order valence-electron chi connectivity index (χ1n) is 8.10. The summed E-state index contributed by atoms with van der Waals surface area (Å²) in [5.74, 6) is 0.0680. The van der Waals surface area contributed by atoms with E-state index < -0.39 is 11.6 Å². The molecular formula is C16H31N3O3. The van der Waals surface area contributed by atoms with Crippen molar-refractivity contribution in [2.45, 2.75) is 65.6 Å². The van der Waals surface area contributed by atoms with Crippen molar-refractivity contribution in [3.8, 4) is 0 Å². The lowest BCUT2D eigenvalue weighted by Crippen LogP contribution is -2.51. The number of carbonyl (C=O) groups is 2. The molecule has 1 fully saturated rings. The first kappa shape index (κ1) is 18.7. The van der Waals surface area contributed by atoms with Crippen LogP contribution in [0.3, 0.4) is 0 Å². The van der Waals surface area contributed by atoms with E-state index in [4.69, 9.17) is 10.5 Å². The molecule has 2 amide bonds. The zero-order valence-electron chi connectivity index (χ0n) is 14.8. The zero-order valence-corrected chi connectivity index (χ0v) is 14.8. The average molecular weight is 313 g/mol. The molecule has 0 aromatic rings. The summed E-state index contributed by atoms with van der Waals surface area (Å²) in [6, 6.07) is -0.467. The van der Waals surface area contributed by atoms with E-state index in [1.54, 1.807) is 9.80 Å². The van der Waals surface area contributed by atoms with Gasteiger partial charge in [0.1, 0.15) is 5.60 Å². The molecule has 0 bridgehead atoms. The van der Waals surface area contributed by atoms with Crippen molar-refractivity contribution in [2.24, 2.45) is 11.7 Å². The van der Waals surface area contributed by atoms with Crippen LogP contribution in [0.2, 0.25) is 0 Å². The summed E-state index contributed by atoms with van der Waals surface area (Å²) in [6.45, 7) is 13.1. The number of hydrogen-bond acceptors (Lipinski definition) is 4. The maximum Gasteiger partial charge on any atom is 0.410 e. The van der Waals surface area contributed by atoms with Crippen molar-refractivity contribution in [3.63, 3.8) is 0 Å². The molecule has 0 saturated carbocycles. The van der Waals surface area contributed by atoms with E-state index in [1.165, 1.54) is 0 Å². The Morgan fingerprint density at radius 1 is 1.36 bits per heavy atom. The van der Waals surface area contributed by atoms with Gasteiger partial charge in [0.15, 0.2) is 0 Å². The Bertz CT molecular complexity index is 404. The van der Waals surface area contributed by atoms with Gasteiger partial charge in [0.25, 0.3) is 0 Å². The lowest BCUT2D eigenvalue weighted by molar-refractivity contribution is -0.135. The lowest BCUT2D eigenvalue weighted by Gasteiger charge is -2.31. The summed E-state index contributed by atoms with van der Waals surface area (Å²) in [5.41, 5.74) is 5.48. The van der Waals surface area contributed by atoms with Crippen molar-refractivity contribution >= 4 is 12.0 Å². The molecule has 1 unspecified atom stereocenters. The maximum atomic E-state index is 12.5. The summed E-state index contributed by atoms with van der Waals surface area (Å²) in [7, 11) is 0. The molecule has 22 heavy (non-hydrogen) atoms. The summed E-state index contributed by atoms with van der Waals surface area (Å²) < 4.78 is 5.39. The Labute approximate surface area is 134 Å². The van der Waals surface area contributed by atoms with E-state index in [2.05, 4.69) is 0 Å². The molecule has 0 radical (unpaired) electrons. The van der Waals surface area contributed by atoms with Gasteiger partial charge in [-0.05, 0) is 40.0 Å². The molecule has 0 aliphatic carbocycles. The first-order valence-corrected chi connectivity index (χ1v) is 8.10. The van der Waals surface area contributed by atoms with Gasteiger partial charge in [0.2, 0.25) is 5.91 Å². The summed E-state index contributed by atoms with van der Waals surface area (Å²) in [6.07, 6.45) is 0.454. The molecular weight excluding hydrogens is 282 g/mol. The van der Waals surface area contributed by atoms with E-state index >= 15 is 0 Å². The summed E-state index contributed by atoms with van der Waals surface area (Å²) >= 11 is 0. The lowest BCUT2D eigenvalue weighted by atomic mass is 10.0. The van der Waals surface area contributed by atoms with E-state index in [0.717, 1.165) is 6.42 Å². The Kier molecular flexibility index (Phi) is 6.23. The number of amides is 2. The van der Waals surface area contributed by atoms with Gasteiger partial charge in [-0.2, -0.15) is 0 Å². The van der Waals surface area contributed by atoms with Crippen LogP contribution < -0.4 is 5.73 Å². The van der Waals surface area contributed by atoms with Crippen molar-refractivity contribution in [2.75, 3.05) is 19.6 Å². The van der Waals surface area contributed by atoms with Gasteiger partial charge < -0.3 is 20.3 Å². The first-order chi connectivity index (χ1) is 10.1. The van der Waals surface area contributed by atoms with E-state index in [1.807, 2.05) is 41.5 Å². The van der Waals surface area contributed by atoms with E-state index in [-0.39, 0.29) is 24.0 Å². The molecule has 1 heterocycles. The Hall–Kier alpha value is -1.30. The predicted molar refractivity (Wildman–Crippen MR) is 86.4 cm³/mol. The van der Waals surface area contributed by atoms with Crippen molar-refractivity contribution in [1.29, 1.82) is 0 Å². The number of nitrogens with two attached hydrogens (primary N) is 1. The van der Waals surface area contributed by atoms with Crippen molar-refractivity contribution in [1.82, 2.24) is 9.80 Å². The molecule has 128 valence electrons. The molecule has 6 heteroatoms. The molecule has 1 aliphatic rings. The minimum Gasteiger partial charge on any atom is -0.444 e. The normalized spacial score (nSPS) is 20.2. The van der Waals surface area contributed by atoms with Gasteiger partial charge in [-0.1, -0.05) is 13.8 Å². The molecule has 1 saturated heterocycles. The molecule has 1 aliphatic heterocycles. The van der Waals surface area contributed by atoms with Crippen LogP contribution in [0.5, 0.6) is 0 Å². The van der Waals surface area contributed by atoms with Crippen LogP contribution in [0.25, 0.3) is 0 Å². The number of hydrogen-bond donors (Lipinski definition) is 1. The Morgan fingerprint density at radius 3 is 2.41 bits per heavy atom. The van der Waals surface area contributed by atoms with Gasteiger partial charge >= 0.3 is 6.09 Å². The molecule has 2 N–H and O–H groups in total. The number of ether oxygens (including phenoxy) is 1. The minimum atomic E-state index is -0.505. The van der Waals surface area contributed by atoms with Crippen LogP contribution in [0.15, 0.2) is 0 Å². The van der Waals surface area contributed by atoms with Crippen LogP contribution in [0.4, 0.5) is 4.79 Å². The third-order valence-electron chi connectivity index (χ3n) is 3.88. The standard InChI is InChI=1S/C16H31N3O3/c1-7-19(14(20)13(17)11(2)3)12-8-9-18(10-12)15(21)22-16(4,5)6/h11-13H,7-10,17H2,1-6H3/t12?,13-/m0/s1. The number of nitrogens with zero attached hydrogens (tertiary/aromatic N) is 2. The second-order valence-electron chi connectivity index (χ2n) is 7.26. The monoisotopic (exact) mass is 313 g/mol. The molecule has 1 rings (SSSR count). The molecule has 0 aromatic carbocycles. The van der Waals surface area contributed by atoms with Gasteiger partial charge in [-0.3, -0.25) is 4.79 Å². The highest BCUT2D eigenvalue weighted by atomic mass is 16.6. The molecule has 2 atom stereocenters. The van der Waals surface area contributed by atoms with Crippen molar-refractivity contribution < 1.29 is 14.3 Å². The van der Waals surface area contributed by atoms with Crippen LogP contribution in [0, 0.1) is 5.92 Å². The molecule has 0 spiro atoms. The highest BCUT2D eigenvalue weighted by molar-refractivity contribution is 5.82. The Balaban J connectivity index is 2.67. The predicted octanol–water partition coefficient (Wildman–Crippen LogP) is 1.83. The number of carbonyl (C=O) groups excluding carboxylic acids is 2. The van der Waals surface area contributed by atoms with Gasteiger partial charge in [-0.15, -0.1) is 0 Å². The molecule has 6 nitrogen and oxygen atoms in total. The minimum absolute atomic E-state index is 0.0230. The van der Waals surface area contributed by atoms with E-state index in [9.17, 15) is 9.59 Å². The third-order valence-corrected chi connectivity index (χ3v) is 3.88. The number of rotatable bonds is 4. The summed E-state index contributed by atoms with van der Waals surface area (Å²) in [5, 5.41) is 0. The second-order valence-corrected chi connectivity index (χ2v) is 7.26. The van der Waals surface area contributed by atoms with Crippen molar-refractivity contribution in [3.05, 3.63) is 0 Å². The fraction of sp³-hybridized carbons (Fsp3) is 0.875. The number of likely N-dealkylation sites (tertiary alicyclic amines) is 1. The van der Waals surface area contributed by atoms with Gasteiger partial charge in [-0.25, -0.2) is 4.79 Å². The maximum absolute atomic E-state index is 12.5. The third kappa shape index (κ3) is 4.87. The Morgan fingerprint density at radius 2 is 1.95 bits per heavy atom. The SMILES string of the molecule is CCN(C(=O)[C@@H](N)C(C)C)C1CCN(C(=O)OC(C)(C)C)C1. The topological polar surface area (TPSA) is 75.9 Å². The zero-order chi connectivity index (χ0) is 17.1. The van der Waals surface area contributed by atoms with Crippen LogP contribution in [0.1, 0.15) is 48.0 Å². The molecule has 0 aromatic heterocycles. The van der Waals surface area contributed by atoms with Gasteiger partial charge in [0, 0.05) is 19.6 Å². The summed E-state index contributed by atoms with van der Waals surface area (Å²) in [4.78, 5) is 28.1.